The number of hydrogen-bond donors (Lipinski definition) is 1. The van der Waals surface area contributed by atoms with Gasteiger partial charge in [-0.25, -0.2) is 9.37 Å². The topological polar surface area (TPSA) is 37.8 Å². The van der Waals surface area contributed by atoms with Crippen LogP contribution in [0.5, 0.6) is 0 Å². The van der Waals surface area contributed by atoms with Crippen molar-refractivity contribution in [1.29, 1.82) is 0 Å². The second-order valence-corrected chi connectivity index (χ2v) is 7.78. The van der Waals surface area contributed by atoms with E-state index in [9.17, 15) is 4.39 Å². The van der Waals surface area contributed by atoms with Crippen LogP contribution in [0.3, 0.4) is 0 Å². The second kappa shape index (κ2) is 8.46. The monoisotopic (exact) mass is 415 g/mol. The maximum atomic E-state index is 14.7. The van der Waals surface area contributed by atoms with E-state index < -0.39 is 5.82 Å². The normalized spacial score (nSPS) is 14.8. The number of hydrogen-bond acceptors (Lipinski definition) is 3. The van der Waals surface area contributed by atoms with Crippen LogP contribution < -0.4 is 5.32 Å². The number of nitrogens with zero attached hydrogens (tertiary/aromatic N) is 2. The molecule has 144 valence electrons. The highest BCUT2D eigenvalue weighted by molar-refractivity contribution is 6.36. The maximum absolute atomic E-state index is 14.7. The lowest BCUT2D eigenvalue weighted by atomic mass is 9.94. The van der Waals surface area contributed by atoms with Gasteiger partial charge in [-0.1, -0.05) is 54.6 Å². The van der Waals surface area contributed by atoms with E-state index in [1.54, 1.807) is 18.3 Å². The van der Waals surface area contributed by atoms with Gasteiger partial charge in [-0.3, -0.25) is 4.98 Å². The van der Waals surface area contributed by atoms with Gasteiger partial charge in [0.25, 0.3) is 0 Å². The summed E-state index contributed by atoms with van der Waals surface area (Å²) >= 11 is 12.9. The number of pyridine rings is 2. The molecule has 0 saturated heterocycles. The molecule has 1 aliphatic carbocycles. The zero-order valence-corrected chi connectivity index (χ0v) is 16.8. The molecule has 1 aliphatic rings. The van der Waals surface area contributed by atoms with Gasteiger partial charge >= 0.3 is 0 Å². The van der Waals surface area contributed by atoms with Crippen molar-refractivity contribution >= 4 is 28.9 Å². The van der Waals surface area contributed by atoms with Crippen molar-refractivity contribution in [2.45, 2.75) is 38.1 Å². The fraction of sp³-hybridized carbons (Fsp3) is 0.273. The Kier molecular flexibility index (Phi) is 5.79. The lowest BCUT2D eigenvalue weighted by Crippen LogP contribution is -2.22. The number of rotatable bonds is 4. The predicted molar refractivity (Wildman–Crippen MR) is 113 cm³/mol. The summed E-state index contributed by atoms with van der Waals surface area (Å²) in [5.74, 6) is -0.423. The number of anilines is 1. The Morgan fingerprint density at radius 3 is 2.46 bits per heavy atom. The number of aromatic nitrogens is 2. The molecule has 1 aromatic carbocycles. The minimum Gasteiger partial charge on any atom is -0.382 e. The van der Waals surface area contributed by atoms with Crippen LogP contribution in [0, 0.1) is 5.82 Å². The Morgan fingerprint density at radius 1 is 0.929 bits per heavy atom. The zero-order valence-electron chi connectivity index (χ0n) is 15.3. The zero-order chi connectivity index (χ0) is 19.5. The summed E-state index contributed by atoms with van der Waals surface area (Å²) in [4.78, 5) is 8.86. The van der Waals surface area contributed by atoms with Crippen molar-refractivity contribution in [1.82, 2.24) is 9.97 Å². The Labute approximate surface area is 173 Å². The van der Waals surface area contributed by atoms with Gasteiger partial charge in [-0.05, 0) is 43.2 Å². The van der Waals surface area contributed by atoms with Crippen LogP contribution in [0.4, 0.5) is 10.1 Å². The van der Waals surface area contributed by atoms with Crippen LogP contribution in [0.1, 0.15) is 32.1 Å². The summed E-state index contributed by atoms with van der Waals surface area (Å²) in [7, 11) is 0. The molecule has 0 atom stereocenters. The van der Waals surface area contributed by atoms with E-state index >= 15 is 0 Å². The van der Waals surface area contributed by atoms with Gasteiger partial charge in [0.05, 0.1) is 16.4 Å². The average Bonchev–Trinajstić information content (AvgIpc) is 2.71. The maximum Gasteiger partial charge on any atom is 0.139 e. The summed E-state index contributed by atoms with van der Waals surface area (Å²) in [6.45, 7) is 0. The minimum absolute atomic E-state index is 0.202. The number of benzene rings is 1. The van der Waals surface area contributed by atoms with Crippen LogP contribution in [-0.2, 0) is 0 Å². The quantitative estimate of drug-likeness (QED) is 0.465. The predicted octanol–water partition coefficient (Wildman–Crippen LogP) is 7.00. The molecule has 0 unspecified atom stereocenters. The summed E-state index contributed by atoms with van der Waals surface area (Å²) < 4.78 is 14.7. The number of nitrogens with one attached hydrogen (secondary N) is 1. The van der Waals surface area contributed by atoms with Gasteiger partial charge in [0.1, 0.15) is 11.0 Å². The molecule has 4 rings (SSSR count). The molecule has 1 N–H and O–H groups in total. The van der Waals surface area contributed by atoms with E-state index in [1.807, 2.05) is 24.3 Å². The van der Waals surface area contributed by atoms with E-state index in [1.165, 1.54) is 25.3 Å². The van der Waals surface area contributed by atoms with E-state index in [0.29, 0.717) is 28.0 Å². The fourth-order valence-electron chi connectivity index (χ4n) is 3.71. The van der Waals surface area contributed by atoms with Gasteiger partial charge in [0, 0.05) is 29.1 Å². The first-order chi connectivity index (χ1) is 13.6. The number of halogens is 3. The molecule has 1 fully saturated rings. The van der Waals surface area contributed by atoms with Gasteiger partial charge in [-0.15, -0.1) is 0 Å². The van der Waals surface area contributed by atoms with Crippen LogP contribution in [0.2, 0.25) is 10.2 Å². The molecule has 0 spiro atoms. The van der Waals surface area contributed by atoms with E-state index in [4.69, 9.17) is 23.2 Å². The average molecular weight is 416 g/mol. The molecule has 3 nitrogen and oxygen atoms in total. The molecule has 2 aromatic heterocycles. The Hall–Kier alpha value is -2.17. The highest BCUT2D eigenvalue weighted by Crippen LogP contribution is 2.42. The smallest absolute Gasteiger partial charge is 0.139 e. The van der Waals surface area contributed by atoms with Crippen LogP contribution in [0.25, 0.3) is 22.5 Å². The van der Waals surface area contributed by atoms with Gasteiger partial charge in [0.2, 0.25) is 0 Å². The molecule has 6 heteroatoms. The summed E-state index contributed by atoms with van der Waals surface area (Å²) in [5, 5.41) is 4.08. The van der Waals surface area contributed by atoms with Crippen molar-refractivity contribution < 1.29 is 4.39 Å². The first kappa shape index (κ1) is 19.2. The molecular weight excluding hydrogens is 396 g/mol. The third-order valence-corrected chi connectivity index (χ3v) is 5.67. The third kappa shape index (κ3) is 3.98. The van der Waals surface area contributed by atoms with Crippen LogP contribution in [-0.4, -0.2) is 16.0 Å². The van der Waals surface area contributed by atoms with Gasteiger partial charge < -0.3 is 5.32 Å². The van der Waals surface area contributed by atoms with E-state index in [0.717, 1.165) is 18.5 Å². The molecule has 2 heterocycles. The van der Waals surface area contributed by atoms with Crippen molar-refractivity contribution in [3.8, 4) is 22.5 Å². The summed E-state index contributed by atoms with van der Waals surface area (Å²) in [6, 6.07) is 12.4. The highest BCUT2D eigenvalue weighted by Gasteiger charge is 2.22. The molecule has 0 amide bonds. The summed E-state index contributed by atoms with van der Waals surface area (Å²) in [5.41, 5.74) is 2.85. The SMILES string of the molecule is Fc1cccc(Cl)c1-c1c(NC2CCCCC2)cc(-c2ccccn2)nc1Cl. The van der Waals surface area contributed by atoms with Crippen molar-refractivity contribution in [2.75, 3.05) is 5.32 Å². The fourth-order valence-corrected chi connectivity index (χ4v) is 4.26. The molecule has 0 radical (unpaired) electrons. The molecular formula is C22H20Cl2FN3. The molecule has 3 aromatic rings. The van der Waals surface area contributed by atoms with Gasteiger partial charge in [0.15, 0.2) is 0 Å². The molecule has 0 bridgehead atoms. The highest BCUT2D eigenvalue weighted by atomic mass is 35.5. The minimum atomic E-state index is -0.423. The largest absolute Gasteiger partial charge is 0.382 e. The Bertz CT molecular complexity index is 953. The van der Waals surface area contributed by atoms with Gasteiger partial charge in [-0.2, -0.15) is 0 Å². The van der Waals surface area contributed by atoms with E-state index in [-0.39, 0.29) is 10.7 Å². The first-order valence-corrected chi connectivity index (χ1v) is 10.2. The van der Waals surface area contributed by atoms with Crippen LogP contribution >= 0.6 is 23.2 Å². The Morgan fingerprint density at radius 2 is 1.75 bits per heavy atom. The molecule has 28 heavy (non-hydrogen) atoms. The molecule has 0 aliphatic heterocycles. The first-order valence-electron chi connectivity index (χ1n) is 9.46. The van der Waals surface area contributed by atoms with Crippen molar-refractivity contribution in [3.05, 3.63) is 64.7 Å². The third-order valence-electron chi connectivity index (χ3n) is 5.08. The molecule has 1 saturated carbocycles. The lowest BCUT2D eigenvalue weighted by Gasteiger charge is -2.26. The summed E-state index contributed by atoms with van der Waals surface area (Å²) in [6.07, 6.45) is 7.46. The van der Waals surface area contributed by atoms with Crippen LogP contribution in [0.15, 0.2) is 48.7 Å². The van der Waals surface area contributed by atoms with E-state index in [2.05, 4.69) is 15.3 Å². The van der Waals surface area contributed by atoms with Crippen molar-refractivity contribution in [2.24, 2.45) is 0 Å². The van der Waals surface area contributed by atoms with Crippen molar-refractivity contribution in [3.63, 3.8) is 0 Å². The Balaban J connectivity index is 1.86. The second-order valence-electron chi connectivity index (χ2n) is 7.01. The lowest BCUT2D eigenvalue weighted by molar-refractivity contribution is 0.463. The standard InChI is InChI=1S/C22H20Cl2FN3/c23-15-9-6-10-16(25)20(15)21-19(27-14-7-2-1-3-8-14)13-18(28-22(21)24)17-11-4-5-12-26-17/h4-6,9-14H,1-3,7-8H2,(H,27,28).